The zero-order chi connectivity index (χ0) is 22.8. The van der Waals surface area contributed by atoms with Crippen LogP contribution in [-0.2, 0) is 16.6 Å². The van der Waals surface area contributed by atoms with Crippen molar-refractivity contribution in [2.45, 2.75) is 108 Å². The number of carbonyl (C=O) groups is 1. The van der Waals surface area contributed by atoms with E-state index in [0.29, 0.717) is 19.4 Å². The van der Waals surface area contributed by atoms with Gasteiger partial charge in [0.15, 0.2) is 0 Å². The first kappa shape index (κ1) is 24.1. The van der Waals surface area contributed by atoms with Gasteiger partial charge in [-0.1, -0.05) is 25.9 Å². The lowest BCUT2D eigenvalue weighted by atomic mass is 9.81. The van der Waals surface area contributed by atoms with Gasteiger partial charge in [0.2, 0.25) is 5.91 Å². The summed E-state index contributed by atoms with van der Waals surface area (Å²) in [7, 11) is 0. The van der Waals surface area contributed by atoms with Crippen molar-refractivity contribution in [2.75, 3.05) is 6.54 Å². The van der Waals surface area contributed by atoms with Gasteiger partial charge in [0.25, 0.3) is 0 Å². The molecule has 4 unspecified atom stereocenters. The maximum absolute atomic E-state index is 13.8. The molecule has 176 valence electrons. The van der Waals surface area contributed by atoms with Crippen molar-refractivity contribution in [3.8, 4) is 0 Å². The zero-order valence-electron chi connectivity index (χ0n) is 19.1. The molecule has 0 radical (unpaired) electrons. The fraction of sp³-hybridized carbons (Fsp3) is 0.826. The summed E-state index contributed by atoms with van der Waals surface area (Å²) in [6, 6.07) is 1.45. The lowest BCUT2D eigenvalue weighted by molar-refractivity contribution is -0.120. The summed E-state index contributed by atoms with van der Waals surface area (Å²) in [5.74, 6) is 0.395. The highest BCUT2D eigenvalue weighted by Crippen LogP contribution is 2.39. The van der Waals surface area contributed by atoms with Crippen LogP contribution in [-0.4, -0.2) is 52.7 Å². The molecule has 6 nitrogen and oxygen atoms in total. The van der Waals surface area contributed by atoms with Gasteiger partial charge in [-0.3, -0.25) is 4.79 Å². The Morgan fingerprint density at radius 1 is 1.29 bits per heavy atom. The molecule has 1 amide bonds. The fourth-order valence-corrected chi connectivity index (χ4v) is 4.54. The second kappa shape index (κ2) is 9.53. The molecule has 2 aliphatic rings. The first-order valence-electron chi connectivity index (χ1n) is 11.4. The lowest BCUT2D eigenvalue weighted by Gasteiger charge is -2.33. The molecule has 0 bridgehead atoms. The Morgan fingerprint density at radius 3 is 2.45 bits per heavy atom. The van der Waals surface area contributed by atoms with Crippen LogP contribution >= 0.6 is 0 Å². The van der Waals surface area contributed by atoms with Crippen LogP contribution in [0.1, 0.15) is 77.7 Å². The number of amides is 1. The molecule has 2 saturated carbocycles. The van der Waals surface area contributed by atoms with E-state index in [2.05, 4.69) is 36.6 Å². The van der Waals surface area contributed by atoms with E-state index in [1.807, 2.05) is 6.07 Å². The number of β-amino-alcohol motifs (C(OH)–C–C–N with tert-alkyl or cyclic N) is 1. The minimum Gasteiger partial charge on any atom is -0.390 e. The summed E-state index contributed by atoms with van der Waals surface area (Å²) in [5.41, 5.74) is 0.647. The van der Waals surface area contributed by atoms with Gasteiger partial charge in [0.1, 0.15) is 18.1 Å². The van der Waals surface area contributed by atoms with E-state index >= 15 is 0 Å². The fourth-order valence-electron chi connectivity index (χ4n) is 4.54. The van der Waals surface area contributed by atoms with Gasteiger partial charge >= 0.3 is 0 Å². The number of carbonyl (C=O) groups excluding carboxylic acids is 1. The van der Waals surface area contributed by atoms with Crippen molar-refractivity contribution in [1.29, 1.82) is 0 Å². The molecule has 8 heteroatoms. The van der Waals surface area contributed by atoms with Crippen LogP contribution in [0, 0.1) is 5.92 Å². The van der Waals surface area contributed by atoms with E-state index in [4.69, 9.17) is 4.52 Å². The van der Waals surface area contributed by atoms with E-state index < -0.39 is 24.5 Å². The summed E-state index contributed by atoms with van der Waals surface area (Å²) in [6.07, 6.45) is 0.374. The maximum Gasteiger partial charge on any atom is 0.217 e. The van der Waals surface area contributed by atoms with Crippen LogP contribution in [0.5, 0.6) is 0 Å². The number of aliphatic hydroxyl groups excluding tert-OH is 1. The van der Waals surface area contributed by atoms with E-state index in [-0.39, 0.29) is 42.0 Å². The molecule has 31 heavy (non-hydrogen) atoms. The Bertz CT molecular complexity index is 735. The summed E-state index contributed by atoms with van der Waals surface area (Å²) < 4.78 is 33.0. The second-order valence-corrected chi connectivity index (χ2v) is 10.6. The Kier molecular flexibility index (Phi) is 7.41. The minimum absolute atomic E-state index is 0.0487. The third-order valence-corrected chi connectivity index (χ3v) is 6.49. The first-order valence-corrected chi connectivity index (χ1v) is 11.4. The van der Waals surface area contributed by atoms with Gasteiger partial charge in [0.05, 0.1) is 17.8 Å². The SMILES string of the molecule is CC(=O)NC(CC1CC(F)CC(F)C1)C(O)CNC1(Cc2cc(C(C)(C)C)on2)CC1. The molecule has 2 aliphatic carbocycles. The molecular formula is C23H37F2N3O3. The first-order chi connectivity index (χ1) is 14.5. The van der Waals surface area contributed by atoms with Crippen molar-refractivity contribution in [3.05, 3.63) is 17.5 Å². The largest absolute Gasteiger partial charge is 0.390 e. The number of rotatable bonds is 9. The number of nitrogens with zero attached hydrogens (tertiary/aromatic N) is 1. The predicted molar refractivity (Wildman–Crippen MR) is 114 cm³/mol. The van der Waals surface area contributed by atoms with Crippen molar-refractivity contribution in [3.63, 3.8) is 0 Å². The second-order valence-electron chi connectivity index (χ2n) is 10.6. The van der Waals surface area contributed by atoms with Gasteiger partial charge in [-0.15, -0.1) is 0 Å². The van der Waals surface area contributed by atoms with Crippen molar-refractivity contribution >= 4 is 5.91 Å². The monoisotopic (exact) mass is 441 g/mol. The summed E-state index contributed by atoms with van der Waals surface area (Å²) in [5, 5.41) is 21.2. The number of alkyl halides is 2. The van der Waals surface area contributed by atoms with E-state index in [1.165, 1.54) is 6.92 Å². The van der Waals surface area contributed by atoms with Crippen LogP contribution in [0.15, 0.2) is 10.6 Å². The quantitative estimate of drug-likeness (QED) is 0.547. The van der Waals surface area contributed by atoms with Crippen LogP contribution < -0.4 is 10.6 Å². The van der Waals surface area contributed by atoms with Gasteiger partial charge < -0.3 is 20.3 Å². The normalized spacial score (nSPS) is 27.5. The molecule has 1 heterocycles. The third kappa shape index (κ3) is 6.97. The average Bonchev–Trinajstić information content (AvgIpc) is 3.22. The molecule has 2 fully saturated rings. The molecular weight excluding hydrogens is 404 g/mol. The number of aliphatic hydroxyl groups is 1. The summed E-state index contributed by atoms with van der Waals surface area (Å²) in [4.78, 5) is 11.7. The van der Waals surface area contributed by atoms with Crippen LogP contribution in [0.2, 0.25) is 0 Å². The van der Waals surface area contributed by atoms with Gasteiger partial charge in [-0.05, 0) is 38.0 Å². The molecule has 0 saturated heterocycles. The molecule has 3 N–H and O–H groups in total. The highest BCUT2D eigenvalue weighted by molar-refractivity contribution is 5.73. The summed E-state index contributed by atoms with van der Waals surface area (Å²) in [6.45, 7) is 7.90. The highest BCUT2D eigenvalue weighted by atomic mass is 19.1. The molecule has 1 aromatic rings. The van der Waals surface area contributed by atoms with Gasteiger partial charge in [0, 0.05) is 43.3 Å². The highest BCUT2D eigenvalue weighted by Gasteiger charge is 2.44. The van der Waals surface area contributed by atoms with Crippen LogP contribution in [0.3, 0.4) is 0 Å². The van der Waals surface area contributed by atoms with Crippen LogP contribution in [0.25, 0.3) is 0 Å². The van der Waals surface area contributed by atoms with E-state index in [0.717, 1.165) is 24.3 Å². The molecule has 0 aliphatic heterocycles. The van der Waals surface area contributed by atoms with Crippen LogP contribution in [0.4, 0.5) is 8.78 Å². The molecule has 4 atom stereocenters. The van der Waals surface area contributed by atoms with Gasteiger partial charge in [-0.25, -0.2) is 8.78 Å². The standard InChI is InChI=1S/C23H37F2N3O3/c1-14(29)27-19(9-15-7-16(24)10-17(25)8-15)20(30)13-26-23(5-6-23)12-18-11-21(31-28-18)22(2,3)4/h11,15-17,19-20,26,30H,5-10,12-13H2,1-4H3,(H,27,29). The number of hydrogen-bond acceptors (Lipinski definition) is 5. The molecule has 0 spiro atoms. The average molecular weight is 442 g/mol. The zero-order valence-corrected chi connectivity index (χ0v) is 19.1. The Balaban J connectivity index is 1.55. The third-order valence-electron chi connectivity index (χ3n) is 6.49. The van der Waals surface area contributed by atoms with Crippen molar-refractivity contribution in [2.24, 2.45) is 5.92 Å². The summed E-state index contributed by atoms with van der Waals surface area (Å²) >= 11 is 0. The minimum atomic E-state index is -1.16. The Labute approximate surface area is 183 Å². The van der Waals surface area contributed by atoms with Crippen molar-refractivity contribution in [1.82, 2.24) is 15.8 Å². The maximum atomic E-state index is 13.8. The topological polar surface area (TPSA) is 87.4 Å². The molecule has 0 aromatic carbocycles. The molecule has 1 aromatic heterocycles. The Hall–Kier alpha value is -1.54. The Morgan fingerprint density at radius 2 is 1.94 bits per heavy atom. The predicted octanol–water partition coefficient (Wildman–Crippen LogP) is 3.37. The van der Waals surface area contributed by atoms with Gasteiger partial charge in [-0.2, -0.15) is 0 Å². The number of halogens is 2. The molecule has 3 rings (SSSR count). The van der Waals surface area contributed by atoms with E-state index in [1.54, 1.807) is 0 Å². The smallest absolute Gasteiger partial charge is 0.217 e. The van der Waals surface area contributed by atoms with E-state index in [9.17, 15) is 18.7 Å². The number of hydrogen-bond donors (Lipinski definition) is 3. The number of nitrogens with one attached hydrogen (secondary N) is 2. The lowest BCUT2D eigenvalue weighted by Crippen LogP contribution is -2.50. The van der Waals surface area contributed by atoms with Crippen molar-refractivity contribution < 1.29 is 23.2 Å². The number of aromatic nitrogens is 1.